The highest BCUT2D eigenvalue weighted by molar-refractivity contribution is 5.99. The molecule has 0 atom stereocenters. The minimum absolute atomic E-state index is 0.0849. The summed E-state index contributed by atoms with van der Waals surface area (Å²) < 4.78 is 31.0. The normalized spacial score (nSPS) is 10.4. The third kappa shape index (κ3) is 3.09. The number of carbonyl (C=O) groups is 1. The molecule has 0 saturated carbocycles. The predicted octanol–water partition coefficient (Wildman–Crippen LogP) is 2.11. The monoisotopic (exact) mass is 266 g/mol. The highest BCUT2D eigenvalue weighted by Crippen LogP contribution is 2.16. The molecular weight excluding hydrogens is 254 g/mol. The fourth-order valence-electron chi connectivity index (χ4n) is 1.61. The van der Waals surface area contributed by atoms with Crippen LogP contribution >= 0.6 is 0 Å². The molecule has 0 unspecified atom stereocenters. The smallest absolute Gasteiger partial charge is 0.253 e. The Kier molecular flexibility index (Phi) is 3.79. The quantitative estimate of drug-likeness (QED) is 0.833. The van der Waals surface area contributed by atoms with Crippen molar-refractivity contribution in [3.8, 4) is 0 Å². The number of nitrogens with two attached hydrogens (primary N) is 1. The summed E-state index contributed by atoms with van der Waals surface area (Å²) in [7, 11) is 0. The van der Waals surface area contributed by atoms with Crippen molar-refractivity contribution >= 4 is 11.6 Å². The van der Waals surface area contributed by atoms with Gasteiger partial charge in [-0.25, -0.2) is 8.78 Å². The van der Waals surface area contributed by atoms with Crippen molar-refractivity contribution in [1.82, 2.24) is 5.32 Å². The second kappa shape index (κ2) is 5.51. The molecule has 0 spiro atoms. The Hall–Kier alpha value is -2.37. The molecule has 0 bridgehead atoms. The van der Waals surface area contributed by atoms with E-state index in [1.165, 1.54) is 6.26 Å². The number of benzene rings is 1. The van der Waals surface area contributed by atoms with Gasteiger partial charge in [0.1, 0.15) is 5.76 Å². The lowest BCUT2D eigenvalue weighted by atomic mass is 10.1. The minimum atomic E-state index is -1.11. The van der Waals surface area contributed by atoms with E-state index < -0.39 is 17.5 Å². The molecule has 19 heavy (non-hydrogen) atoms. The molecule has 6 heteroatoms. The van der Waals surface area contributed by atoms with Crippen LogP contribution < -0.4 is 11.1 Å². The Bertz CT molecular complexity index is 583. The van der Waals surface area contributed by atoms with E-state index in [1.54, 1.807) is 12.1 Å². The van der Waals surface area contributed by atoms with Gasteiger partial charge in [-0.05, 0) is 18.2 Å². The van der Waals surface area contributed by atoms with Crippen LogP contribution in [-0.4, -0.2) is 12.5 Å². The van der Waals surface area contributed by atoms with Crippen LogP contribution in [0.2, 0.25) is 0 Å². The average molecular weight is 266 g/mol. The van der Waals surface area contributed by atoms with E-state index in [1.807, 2.05) is 0 Å². The third-order valence-corrected chi connectivity index (χ3v) is 2.57. The number of rotatable bonds is 4. The Morgan fingerprint density at radius 1 is 1.32 bits per heavy atom. The zero-order valence-corrected chi connectivity index (χ0v) is 9.95. The topological polar surface area (TPSA) is 68.3 Å². The van der Waals surface area contributed by atoms with Gasteiger partial charge in [0.05, 0.1) is 11.8 Å². The number of hydrogen-bond donors (Lipinski definition) is 2. The van der Waals surface area contributed by atoms with Crippen molar-refractivity contribution in [3.63, 3.8) is 0 Å². The highest BCUT2D eigenvalue weighted by Gasteiger charge is 2.14. The first-order valence-electron chi connectivity index (χ1n) is 5.63. The maximum Gasteiger partial charge on any atom is 0.253 e. The molecule has 4 nitrogen and oxygen atoms in total. The summed E-state index contributed by atoms with van der Waals surface area (Å²) in [5.74, 6) is -2.02. The van der Waals surface area contributed by atoms with Crippen LogP contribution in [0, 0.1) is 11.6 Å². The van der Waals surface area contributed by atoms with E-state index in [2.05, 4.69) is 5.32 Å². The standard InChI is InChI=1S/C13H12F2N2O2/c14-10-6-9(12(16)7-11(10)15)13(18)17-4-3-8-2-1-5-19-8/h1-2,5-7H,3-4,16H2,(H,17,18). The van der Waals surface area contributed by atoms with Gasteiger partial charge in [-0.2, -0.15) is 0 Å². The summed E-state index contributed by atoms with van der Waals surface area (Å²) in [6.07, 6.45) is 2.03. The fourth-order valence-corrected chi connectivity index (χ4v) is 1.61. The summed E-state index contributed by atoms with van der Waals surface area (Å²) in [5.41, 5.74) is 5.28. The van der Waals surface area contributed by atoms with Crippen molar-refractivity contribution in [3.05, 3.63) is 53.5 Å². The zero-order valence-electron chi connectivity index (χ0n) is 9.95. The Balaban J connectivity index is 1.98. The molecule has 0 aliphatic heterocycles. The van der Waals surface area contributed by atoms with Crippen LogP contribution in [0.1, 0.15) is 16.1 Å². The fraction of sp³-hybridized carbons (Fsp3) is 0.154. The Morgan fingerprint density at radius 2 is 2.05 bits per heavy atom. The van der Waals surface area contributed by atoms with Crippen LogP contribution in [-0.2, 0) is 6.42 Å². The maximum atomic E-state index is 13.0. The number of anilines is 1. The van der Waals surface area contributed by atoms with Crippen LogP contribution in [0.5, 0.6) is 0 Å². The summed E-state index contributed by atoms with van der Waals surface area (Å²) >= 11 is 0. The van der Waals surface area contributed by atoms with E-state index in [0.717, 1.165) is 17.9 Å². The van der Waals surface area contributed by atoms with Gasteiger partial charge in [-0.15, -0.1) is 0 Å². The van der Waals surface area contributed by atoms with Gasteiger partial charge in [0.25, 0.3) is 5.91 Å². The number of hydrogen-bond acceptors (Lipinski definition) is 3. The van der Waals surface area contributed by atoms with E-state index in [0.29, 0.717) is 13.0 Å². The molecule has 1 heterocycles. The molecule has 0 fully saturated rings. The van der Waals surface area contributed by atoms with E-state index >= 15 is 0 Å². The van der Waals surface area contributed by atoms with Gasteiger partial charge in [0, 0.05) is 24.7 Å². The number of amides is 1. The van der Waals surface area contributed by atoms with E-state index in [-0.39, 0.29) is 11.3 Å². The van der Waals surface area contributed by atoms with E-state index in [4.69, 9.17) is 10.2 Å². The Morgan fingerprint density at radius 3 is 2.74 bits per heavy atom. The maximum absolute atomic E-state index is 13.0. The first-order valence-corrected chi connectivity index (χ1v) is 5.63. The molecule has 3 N–H and O–H groups in total. The molecule has 0 saturated heterocycles. The number of nitrogen functional groups attached to an aromatic ring is 1. The van der Waals surface area contributed by atoms with Crippen molar-refractivity contribution in [2.45, 2.75) is 6.42 Å². The summed E-state index contributed by atoms with van der Waals surface area (Å²) in [5, 5.41) is 2.56. The average Bonchev–Trinajstić information content (AvgIpc) is 2.86. The lowest BCUT2D eigenvalue weighted by Crippen LogP contribution is -2.26. The van der Waals surface area contributed by atoms with Gasteiger partial charge < -0.3 is 15.5 Å². The second-order valence-corrected chi connectivity index (χ2v) is 3.94. The van der Waals surface area contributed by atoms with Gasteiger partial charge in [-0.3, -0.25) is 4.79 Å². The SMILES string of the molecule is Nc1cc(F)c(F)cc1C(=O)NCCc1ccco1. The summed E-state index contributed by atoms with van der Waals surface area (Å²) in [4.78, 5) is 11.7. The van der Waals surface area contributed by atoms with Crippen LogP contribution in [0.15, 0.2) is 34.9 Å². The second-order valence-electron chi connectivity index (χ2n) is 3.94. The summed E-state index contributed by atoms with van der Waals surface area (Å²) in [6.45, 7) is 0.310. The first-order chi connectivity index (χ1) is 9.08. The molecule has 100 valence electrons. The number of furan rings is 1. The number of halogens is 2. The van der Waals surface area contributed by atoms with Crippen molar-refractivity contribution < 1.29 is 18.0 Å². The van der Waals surface area contributed by atoms with Crippen LogP contribution in [0.4, 0.5) is 14.5 Å². The number of nitrogens with one attached hydrogen (secondary N) is 1. The minimum Gasteiger partial charge on any atom is -0.469 e. The van der Waals surface area contributed by atoms with Crippen LogP contribution in [0.25, 0.3) is 0 Å². The third-order valence-electron chi connectivity index (χ3n) is 2.57. The van der Waals surface area contributed by atoms with Crippen molar-refractivity contribution in [2.24, 2.45) is 0 Å². The van der Waals surface area contributed by atoms with Crippen LogP contribution in [0.3, 0.4) is 0 Å². The van der Waals surface area contributed by atoms with Gasteiger partial charge in [0.2, 0.25) is 0 Å². The molecule has 1 aromatic heterocycles. The first kappa shape index (κ1) is 13.1. The van der Waals surface area contributed by atoms with Gasteiger partial charge >= 0.3 is 0 Å². The Labute approximate surface area is 108 Å². The molecule has 0 aliphatic rings. The van der Waals surface area contributed by atoms with E-state index in [9.17, 15) is 13.6 Å². The largest absolute Gasteiger partial charge is 0.469 e. The molecule has 0 aliphatic carbocycles. The summed E-state index contributed by atoms with van der Waals surface area (Å²) in [6, 6.07) is 5.09. The van der Waals surface area contributed by atoms with Gasteiger partial charge in [0.15, 0.2) is 11.6 Å². The zero-order chi connectivity index (χ0) is 13.8. The molecular formula is C13H12F2N2O2. The van der Waals surface area contributed by atoms with Gasteiger partial charge in [-0.1, -0.05) is 0 Å². The van der Waals surface area contributed by atoms with Crippen molar-refractivity contribution in [2.75, 3.05) is 12.3 Å². The molecule has 1 amide bonds. The molecule has 1 aromatic carbocycles. The number of carbonyl (C=O) groups excluding carboxylic acids is 1. The lowest BCUT2D eigenvalue weighted by molar-refractivity contribution is 0.0954. The lowest BCUT2D eigenvalue weighted by Gasteiger charge is -2.07. The molecule has 0 radical (unpaired) electrons. The molecule has 2 rings (SSSR count). The molecule has 2 aromatic rings. The predicted molar refractivity (Wildman–Crippen MR) is 65.5 cm³/mol. The highest BCUT2D eigenvalue weighted by atomic mass is 19.2. The van der Waals surface area contributed by atoms with Crippen molar-refractivity contribution in [1.29, 1.82) is 0 Å².